The molecule has 0 fully saturated rings. The number of hydrogen-bond donors (Lipinski definition) is 0. The molecule has 18 heavy (non-hydrogen) atoms. The quantitative estimate of drug-likeness (QED) is 0.760. The summed E-state index contributed by atoms with van der Waals surface area (Å²) in [7, 11) is 3.93. The molecule has 0 aliphatic heterocycles. The number of rotatable bonds is 5. The number of benzene rings is 1. The second-order valence-corrected chi connectivity index (χ2v) is 5.75. The third-order valence-corrected chi connectivity index (χ3v) is 3.04. The lowest BCUT2D eigenvalue weighted by Gasteiger charge is -2.25. The molecule has 0 unspecified atom stereocenters. The van der Waals surface area contributed by atoms with Crippen LogP contribution in [0, 0.1) is 5.41 Å². The van der Waals surface area contributed by atoms with E-state index in [1.807, 2.05) is 57.1 Å². The lowest BCUT2D eigenvalue weighted by Crippen LogP contribution is -2.34. The molecule has 0 saturated heterocycles. The van der Waals surface area contributed by atoms with Gasteiger partial charge in [-0.2, -0.15) is 0 Å². The van der Waals surface area contributed by atoms with Gasteiger partial charge in [-0.25, -0.2) is 0 Å². The van der Waals surface area contributed by atoms with Crippen molar-refractivity contribution in [2.45, 2.75) is 13.8 Å². The zero-order valence-electron chi connectivity index (χ0n) is 11.4. The first-order valence-corrected chi connectivity index (χ1v) is 6.32. The summed E-state index contributed by atoms with van der Waals surface area (Å²) in [5, 5.41) is 0.659. The number of carbonyl (C=O) groups is 1. The zero-order chi connectivity index (χ0) is 13.8. The molecule has 2 nitrogen and oxygen atoms in total. The Balaban J connectivity index is 2.79. The fourth-order valence-corrected chi connectivity index (χ4v) is 2.07. The highest BCUT2D eigenvalue weighted by Gasteiger charge is 2.25. The van der Waals surface area contributed by atoms with Gasteiger partial charge >= 0.3 is 0 Å². The summed E-state index contributed by atoms with van der Waals surface area (Å²) in [6.07, 6.45) is 3.40. The van der Waals surface area contributed by atoms with Crippen molar-refractivity contribution in [2.24, 2.45) is 5.41 Å². The highest BCUT2D eigenvalue weighted by atomic mass is 35.5. The van der Waals surface area contributed by atoms with E-state index in [0.29, 0.717) is 5.02 Å². The Bertz CT molecular complexity index is 450. The van der Waals surface area contributed by atoms with Crippen molar-refractivity contribution in [2.75, 3.05) is 20.6 Å². The molecule has 1 rings (SSSR count). The normalized spacial score (nSPS) is 12.3. The Hall–Kier alpha value is -1.12. The van der Waals surface area contributed by atoms with Crippen LogP contribution in [0.3, 0.4) is 0 Å². The largest absolute Gasteiger partial charge is 0.308 e. The first-order valence-electron chi connectivity index (χ1n) is 5.95. The summed E-state index contributed by atoms with van der Waals surface area (Å²) >= 11 is 6.04. The monoisotopic (exact) mass is 265 g/mol. The van der Waals surface area contributed by atoms with Gasteiger partial charge in [-0.05, 0) is 37.9 Å². The van der Waals surface area contributed by atoms with Gasteiger partial charge < -0.3 is 4.90 Å². The van der Waals surface area contributed by atoms with Gasteiger partial charge in [0.25, 0.3) is 0 Å². The van der Waals surface area contributed by atoms with E-state index >= 15 is 0 Å². The van der Waals surface area contributed by atoms with E-state index < -0.39 is 0 Å². The molecule has 1 aromatic rings. The molecule has 0 bridgehead atoms. The van der Waals surface area contributed by atoms with E-state index in [4.69, 9.17) is 11.6 Å². The van der Waals surface area contributed by atoms with Gasteiger partial charge in [0.05, 0.1) is 0 Å². The number of halogens is 1. The van der Waals surface area contributed by atoms with E-state index in [0.717, 1.165) is 12.1 Å². The van der Waals surface area contributed by atoms with Crippen molar-refractivity contribution in [3.8, 4) is 0 Å². The number of nitrogens with zero attached hydrogens (tertiary/aromatic N) is 1. The number of carbonyl (C=O) groups excluding carboxylic acids is 1. The summed E-state index contributed by atoms with van der Waals surface area (Å²) < 4.78 is 0. The maximum absolute atomic E-state index is 12.1. The Morgan fingerprint density at radius 3 is 2.50 bits per heavy atom. The van der Waals surface area contributed by atoms with E-state index in [1.165, 1.54) is 0 Å². The van der Waals surface area contributed by atoms with Crippen molar-refractivity contribution in [3.63, 3.8) is 0 Å². The zero-order valence-corrected chi connectivity index (χ0v) is 12.2. The predicted octanol–water partition coefficient (Wildman–Crippen LogP) is 3.51. The van der Waals surface area contributed by atoms with Crippen LogP contribution in [-0.4, -0.2) is 31.3 Å². The minimum absolute atomic E-state index is 0.108. The molecule has 0 saturated carbocycles. The Labute approximate surface area is 114 Å². The molecule has 3 heteroatoms. The predicted molar refractivity (Wildman–Crippen MR) is 77.8 cm³/mol. The standard InChI is InChI=1S/C15H20ClNO/c1-15(2,11-17(3)4)14(18)10-9-12-7-5-6-8-13(12)16/h5-10H,11H2,1-4H3/b10-9+. The molecule has 98 valence electrons. The fraction of sp³-hybridized carbons (Fsp3) is 0.400. The number of ketones is 1. The van der Waals surface area contributed by atoms with Gasteiger partial charge in [0.1, 0.15) is 0 Å². The first-order chi connectivity index (χ1) is 8.33. The highest BCUT2D eigenvalue weighted by molar-refractivity contribution is 6.32. The van der Waals surface area contributed by atoms with E-state index in [1.54, 1.807) is 12.2 Å². The summed E-state index contributed by atoms with van der Waals surface area (Å²) in [6, 6.07) is 7.49. The average molecular weight is 266 g/mol. The minimum atomic E-state index is -0.388. The second kappa shape index (κ2) is 6.17. The van der Waals surface area contributed by atoms with Crippen molar-refractivity contribution in [1.82, 2.24) is 4.90 Å². The van der Waals surface area contributed by atoms with E-state index in [2.05, 4.69) is 0 Å². The SMILES string of the molecule is CN(C)CC(C)(C)C(=O)/C=C/c1ccccc1Cl. The smallest absolute Gasteiger partial charge is 0.162 e. The summed E-state index contributed by atoms with van der Waals surface area (Å²) in [4.78, 5) is 14.1. The van der Waals surface area contributed by atoms with Crippen LogP contribution in [-0.2, 0) is 4.79 Å². The van der Waals surface area contributed by atoms with Crippen molar-refractivity contribution in [1.29, 1.82) is 0 Å². The van der Waals surface area contributed by atoms with Crippen LogP contribution >= 0.6 is 11.6 Å². The van der Waals surface area contributed by atoms with E-state index in [9.17, 15) is 4.79 Å². The van der Waals surface area contributed by atoms with Gasteiger partial charge in [-0.1, -0.05) is 43.6 Å². The maximum atomic E-state index is 12.1. The van der Waals surface area contributed by atoms with Crippen molar-refractivity contribution >= 4 is 23.5 Å². The van der Waals surface area contributed by atoms with Crippen molar-refractivity contribution in [3.05, 3.63) is 40.9 Å². The van der Waals surface area contributed by atoms with Gasteiger partial charge in [-0.3, -0.25) is 4.79 Å². The van der Waals surface area contributed by atoms with Crippen LogP contribution in [0.25, 0.3) is 6.08 Å². The van der Waals surface area contributed by atoms with Gasteiger partial charge in [-0.15, -0.1) is 0 Å². The summed E-state index contributed by atoms with van der Waals surface area (Å²) in [5.74, 6) is 0.108. The third-order valence-electron chi connectivity index (χ3n) is 2.70. The van der Waals surface area contributed by atoms with Crippen LogP contribution in [0.5, 0.6) is 0 Å². The molecule has 0 atom stereocenters. The second-order valence-electron chi connectivity index (χ2n) is 5.34. The molecule has 0 aliphatic rings. The van der Waals surface area contributed by atoms with Gasteiger partial charge in [0.2, 0.25) is 0 Å². The highest BCUT2D eigenvalue weighted by Crippen LogP contribution is 2.21. The summed E-state index contributed by atoms with van der Waals surface area (Å²) in [5.41, 5.74) is 0.481. The average Bonchev–Trinajstić information content (AvgIpc) is 2.25. The maximum Gasteiger partial charge on any atom is 0.162 e. The lowest BCUT2D eigenvalue weighted by molar-refractivity contribution is -0.122. The molecule has 0 aliphatic carbocycles. The molecule has 0 radical (unpaired) electrons. The molecule has 0 N–H and O–H groups in total. The Kier molecular flexibility index (Phi) is 5.12. The Morgan fingerprint density at radius 2 is 1.94 bits per heavy atom. The first kappa shape index (κ1) is 14.9. The topological polar surface area (TPSA) is 20.3 Å². The molecular weight excluding hydrogens is 246 g/mol. The van der Waals surface area contributed by atoms with Crippen molar-refractivity contribution < 1.29 is 4.79 Å². The van der Waals surface area contributed by atoms with Crippen LogP contribution in [0.1, 0.15) is 19.4 Å². The van der Waals surface area contributed by atoms with Gasteiger partial charge in [0.15, 0.2) is 5.78 Å². The summed E-state index contributed by atoms with van der Waals surface area (Å²) in [6.45, 7) is 4.62. The molecule has 0 amide bonds. The fourth-order valence-electron chi connectivity index (χ4n) is 1.87. The molecular formula is C15H20ClNO. The Morgan fingerprint density at radius 1 is 1.33 bits per heavy atom. The van der Waals surface area contributed by atoms with Crippen LogP contribution in [0.2, 0.25) is 5.02 Å². The van der Waals surface area contributed by atoms with E-state index in [-0.39, 0.29) is 11.2 Å². The third kappa shape index (κ3) is 4.28. The lowest BCUT2D eigenvalue weighted by atomic mass is 9.87. The number of allylic oxidation sites excluding steroid dienone is 1. The molecule has 0 aromatic heterocycles. The number of hydrogen-bond acceptors (Lipinski definition) is 2. The molecule has 0 heterocycles. The van der Waals surface area contributed by atoms with Crippen LogP contribution in [0.4, 0.5) is 0 Å². The van der Waals surface area contributed by atoms with Crippen LogP contribution < -0.4 is 0 Å². The molecule has 1 aromatic carbocycles. The minimum Gasteiger partial charge on any atom is -0.308 e. The molecule has 0 spiro atoms. The van der Waals surface area contributed by atoms with Crippen LogP contribution in [0.15, 0.2) is 30.3 Å². The van der Waals surface area contributed by atoms with Gasteiger partial charge in [0, 0.05) is 17.0 Å².